The van der Waals surface area contributed by atoms with Crippen LogP contribution < -0.4 is 5.56 Å². The van der Waals surface area contributed by atoms with Gasteiger partial charge in [0.1, 0.15) is 24.7 Å². The molecular weight excluding hydrogens is 556 g/mol. The van der Waals surface area contributed by atoms with Gasteiger partial charge in [-0.2, -0.15) is 0 Å². The van der Waals surface area contributed by atoms with Crippen molar-refractivity contribution in [3.63, 3.8) is 0 Å². The number of carbonyl (C=O) groups is 3. The molecule has 0 amide bonds. The Morgan fingerprint density at radius 3 is 1.86 bits per heavy atom. The zero-order valence-corrected chi connectivity index (χ0v) is 22.4. The molecule has 1 saturated heterocycles. The lowest BCUT2D eigenvalue weighted by Gasteiger charge is -2.25. The Kier molecular flexibility index (Phi) is 7.74. The van der Waals surface area contributed by atoms with E-state index >= 15 is 0 Å². The Morgan fingerprint density at radius 2 is 1.28 bits per heavy atom. The maximum absolute atomic E-state index is 13.3. The van der Waals surface area contributed by atoms with Crippen molar-refractivity contribution in [2.24, 2.45) is 0 Å². The SMILES string of the molecule is O=C(OC[C@H]1O[C@@H](n2cc3ncnc-3c(=O)[nH]2)[C@H](OC(=O)c2ccccc2)[C@@H]1OC(=O)c1ccccc1)c1ccccc1. The largest absolute Gasteiger partial charge is 0.459 e. The van der Waals surface area contributed by atoms with Gasteiger partial charge in [0.15, 0.2) is 24.1 Å². The van der Waals surface area contributed by atoms with E-state index in [-0.39, 0.29) is 29.1 Å². The van der Waals surface area contributed by atoms with Crippen molar-refractivity contribution in [1.82, 2.24) is 19.7 Å². The molecule has 12 nitrogen and oxygen atoms in total. The van der Waals surface area contributed by atoms with Gasteiger partial charge >= 0.3 is 17.9 Å². The lowest BCUT2D eigenvalue weighted by molar-refractivity contribution is -0.0679. The number of hydrogen-bond acceptors (Lipinski definition) is 10. The van der Waals surface area contributed by atoms with Crippen LogP contribution in [0.25, 0.3) is 11.4 Å². The van der Waals surface area contributed by atoms with E-state index in [1.807, 2.05) is 0 Å². The number of hydrogen-bond donors (Lipinski definition) is 1. The van der Waals surface area contributed by atoms with Crippen LogP contribution in [-0.2, 0) is 18.9 Å². The van der Waals surface area contributed by atoms with Crippen molar-refractivity contribution in [2.45, 2.75) is 24.5 Å². The quantitative estimate of drug-likeness (QED) is 0.214. The number of carbonyl (C=O) groups excluding carboxylic acids is 3. The first-order chi connectivity index (χ1) is 21.0. The van der Waals surface area contributed by atoms with E-state index in [2.05, 4.69) is 15.1 Å². The van der Waals surface area contributed by atoms with Crippen LogP contribution in [0.3, 0.4) is 0 Å². The summed E-state index contributed by atoms with van der Waals surface area (Å²) in [4.78, 5) is 60.1. The summed E-state index contributed by atoms with van der Waals surface area (Å²) in [6.45, 7) is -0.362. The molecule has 0 saturated carbocycles. The van der Waals surface area contributed by atoms with Gasteiger partial charge in [-0.1, -0.05) is 54.6 Å². The third-order valence-corrected chi connectivity index (χ3v) is 6.79. The maximum Gasteiger partial charge on any atom is 0.338 e. The summed E-state index contributed by atoms with van der Waals surface area (Å²) in [7, 11) is 0. The lowest BCUT2D eigenvalue weighted by Crippen LogP contribution is -2.41. The van der Waals surface area contributed by atoms with E-state index < -0.39 is 48.0 Å². The second kappa shape index (κ2) is 12.1. The molecule has 0 radical (unpaired) electrons. The molecule has 0 unspecified atom stereocenters. The van der Waals surface area contributed by atoms with Gasteiger partial charge in [-0.15, -0.1) is 0 Å². The molecule has 0 bridgehead atoms. The molecule has 12 heteroatoms. The standard InChI is InChI=1S/C31H24N4O8/c36-27-24-22(32-18-33-24)16-35(34-27)28-26(43-31(39)21-14-8-3-9-15-21)25(42-30(38)20-12-6-2-7-13-20)23(41-28)17-40-29(37)19-10-4-1-5-11-19/h1-16,18,23,25-26,28H,17H2,(H,34,36)/t23-,25-,26-,28-/m1/s1. The molecule has 43 heavy (non-hydrogen) atoms. The fourth-order valence-electron chi connectivity index (χ4n) is 4.70. The van der Waals surface area contributed by atoms with E-state index in [1.54, 1.807) is 91.0 Å². The van der Waals surface area contributed by atoms with Gasteiger partial charge in [-0.25, -0.2) is 24.4 Å². The number of nitrogens with zero attached hydrogens (tertiary/aromatic N) is 3. The number of fused-ring (bicyclic) bond motifs is 1. The van der Waals surface area contributed by atoms with E-state index in [1.165, 1.54) is 17.2 Å². The van der Waals surface area contributed by atoms with E-state index in [4.69, 9.17) is 18.9 Å². The highest BCUT2D eigenvalue weighted by Crippen LogP contribution is 2.35. The number of aromatic nitrogens is 4. The van der Waals surface area contributed by atoms with Crippen molar-refractivity contribution in [3.8, 4) is 11.4 Å². The second-order valence-corrected chi connectivity index (χ2v) is 9.59. The molecule has 0 aromatic heterocycles. The maximum atomic E-state index is 13.3. The molecule has 3 aliphatic heterocycles. The molecule has 216 valence electrons. The Morgan fingerprint density at radius 1 is 0.744 bits per heavy atom. The summed E-state index contributed by atoms with van der Waals surface area (Å²) < 4.78 is 24.8. The first-order valence-corrected chi connectivity index (χ1v) is 13.3. The third kappa shape index (κ3) is 5.90. The van der Waals surface area contributed by atoms with Crippen molar-refractivity contribution in [2.75, 3.05) is 6.61 Å². The molecule has 4 atom stereocenters. The molecule has 1 N–H and O–H groups in total. The predicted octanol–water partition coefficient (Wildman–Crippen LogP) is 3.28. The first-order valence-electron chi connectivity index (χ1n) is 13.3. The Labute approximate surface area is 244 Å². The van der Waals surface area contributed by atoms with Gasteiger partial charge in [0, 0.05) is 0 Å². The summed E-state index contributed by atoms with van der Waals surface area (Å²) in [6.07, 6.45) is -2.16. The molecule has 0 spiro atoms. The van der Waals surface area contributed by atoms with Crippen molar-refractivity contribution < 1.29 is 33.3 Å². The average molecular weight is 581 g/mol. The summed E-state index contributed by atoms with van der Waals surface area (Å²) in [5, 5.41) is 2.63. The van der Waals surface area contributed by atoms with E-state index in [0.29, 0.717) is 5.56 Å². The zero-order valence-electron chi connectivity index (χ0n) is 22.4. The minimum Gasteiger partial charge on any atom is -0.459 e. The third-order valence-electron chi connectivity index (χ3n) is 6.79. The van der Waals surface area contributed by atoms with Gasteiger partial charge in [-0.05, 0) is 36.4 Å². The predicted molar refractivity (Wildman–Crippen MR) is 149 cm³/mol. The lowest BCUT2D eigenvalue weighted by atomic mass is 10.1. The number of aromatic amines is 1. The van der Waals surface area contributed by atoms with Gasteiger partial charge < -0.3 is 18.9 Å². The molecular formula is C31H24N4O8. The first kappa shape index (κ1) is 27.5. The summed E-state index contributed by atoms with van der Waals surface area (Å²) in [6, 6.07) is 24.8. The average Bonchev–Trinajstić information content (AvgIpc) is 3.66. The van der Waals surface area contributed by atoms with Crippen LogP contribution in [0.2, 0.25) is 0 Å². The van der Waals surface area contributed by atoms with Crippen LogP contribution in [0, 0.1) is 0 Å². The molecule has 3 aromatic rings. The van der Waals surface area contributed by atoms with E-state index in [9.17, 15) is 19.2 Å². The summed E-state index contributed by atoms with van der Waals surface area (Å²) >= 11 is 0. The number of H-pyrrole nitrogens is 1. The van der Waals surface area contributed by atoms with Gasteiger partial charge in [0.05, 0.1) is 22.9 Å². The minimum atomic E-state index is -1.29. The van der Waals surface area contributed by atoms with Crippen molar-refractivity contribution in [3.05, 3.63) is 131 Å². The van der Waals surface area contributed by atoms with Crippen LogP contribution >= 0.6 is 0 Å². The highest BCUT2D eigenvalue weighted by Gasteiger charge is 2.51. The fourth-order valence-corrected chi connectivity index (χ4v) is 4.70. The van der Waals surface area contributed by atoms with Crippen LogP contribution in [0.1, 0.15) is 37.3 Å². The van der Waals surface area contributed by atoms with Crippen LogP contribution in [0.5, 0.6) is 0 Å². The van der Waals surface area contributed by atoms with Crippen molar-refractivity contribution >= 4 is 17.9 Å². The smallest absolute Gasteiger partial charge is 0.338 e. The highest BCUT2D eigenvalue weighted by atomic mass is 16.7. The number of benzene rings is 3. The zero-order chi connectivity index (χ0) is 29.8. The van der Waals surface area contributed by atoms with Crippen LogP contribution in [0.4, 0.5) is 0 Å². The Bertz CT molecular complexity index is 1760. The number of rotatable bonds is 8. The molecule has 3 heterocycles. The van der Waals surface area contributed by atoms with Crippen LogP contribution in [-0.4, -0.2) is 62.6 Å². The monoisotopic (exact) mass is 580 g/mol. The number of esters is 3. The molecule has 3 aliphatic rings. The summed E-state index contributed by atoms with van der Waals surface area (Å²) in [5.41, 5.74) is 0.590. The minimum absolute atomic E-state index is 0.104. The Balaban J connectivity index is 1.37. The molecule has 1 fully saturated rings. The van der Waals surface area contributed by atoms with Crippen LogP contribution in [0.15, 0.2) is 108 Å². The number of nitrogens with one attached hydrogen (secondary N) is 1. The van der Waals surface area contributed by atoms with Gasteiger partial charge in [0.2, 0.25) is 0 Å². The number of ether oxygens (including phenoxy) is 4. The normalized spacial score (nSPS) is 19.5. The Hall–Kier alpha value is -5.62. The second-order valence-electron chi connectivity index (χ2n) is 9.59. The summed E-state index contributed by atoms with van der Waals surface area (Å²) in [5.74, 6) is -2.07. The van der Waals surface area contributed by atoms with Gasteiger partial charge in [0.25, 0.3) is 5.56 Å². The van der Waals surface area contributed by atoms with Crippen molar-refractivity contribution in [1.29, 1.82) is 0 Å². The molecule has 3 aromatic carbocycles. The topological polar surface area (TPSA) is 152 Å². The highest BCUT2D eigenvalue weighted by molar-refractivity contribution is 5.91. The fraction of sp³-hybridized carbons (Fsp3) is 0.161. The van der Waals surface area contributed by atoms with Gasteiger partial charge in [-0.3, -0.25) is 14.6 Å². The molecule has 0 aliphatic carbocycles. The molecule has 6 rings (SSSR count). The van der Waals surface area contributed by atoms with E-state index in [0.717, 1.165) is 0 Å². The number of imidazole rings is 1.